The number of urea groups is 1. The van der Waals surface area contributed by atoms with Gasteiger partial charge >= 0.3 is 6.03 Å². The Hall–Kier alpha value is -3.22. The number of ether oxygens (including phenoxy) is 1. The highest BCUT2D eigenvalue weighted by Gasteiger charge is 2.49. The SMILES string of the molecule is COc1ccc(C(=O)CN2C(=O)NC(C)(c3ccc(C)cc3)C2=O)cc1F. The molecule has 1 atom stereocenters. The van der Waals surface area contributed by atoms with Crippen LogP contribution < -0.4 is 10.1 Å². The first-order chi connectivity index (χ1) is 12.8. The number of methoxy groups -OCH3 is 1. The van der Waals surface area contributed by atoms with E-state index in [0.717, 1.165) is 16.5 Å². The van der Waals surface area contributed by atoms with Gasteiger partial charge in [0.1, 0.15) is 5.54 Å². The molecule has 1 aliphatic heterocycles. The number of hydrogen-bond donors (Lipinski definition) is 1. The number of nitrogens with zero attached hydrogens (tertiary/aromatic N) is 1. The lowest BCUT2D eigenvalue weighted by molar-refractivity contribution is -0.130. The number of ketones is 1. The zero-order valence-corrected chi connectivity index (χ0v) is 15.2. The third-order valence-electron chi connectivity index (χ3n) is 4.68. The topological polar surface area (TPSA) is 75.7 Å². The van der Waals surface area contributed by atoms with Crippen LogP contribution in [0.5, 0.6) is 5.75 Å². The van der Waals surface area contributed by atoms with Crippen molar-refractivity contribution < 1.29 is 23.5 Å². The van der Waals surface area contributed by atoms with Crippen LogP contribution in [0.3, 0.4) is 0 Å². The molecule has 0 spiro atoms. The molecule has 0 radical (unpaired) electrons. The quantitative estimate of drug-likeness (QED) is 0.649. The standard InChI is InChI=1S/C20H19FN2O4/c1-12-4-7-14(8-5-12)20(2)18(25)23(19(26)22-20)11-16(24)13-6-9-17(27-3)15(21)10-13/h4-10H,11H2,1-3H3,(H,22,26). The maximum Gasteiger partial charge on any atom is 0.325 e. The summed E-state index contributed by atoms with van der Waals surface area (Å²) in [7, 11) is 1.32. The van der Waals surface area contributed by atoms with E-state index >= 15 is 0 Å². The molecule has 0 saturated carbocycles. The van der Waals surface area contributed by atoms with E-state index < -0.39 is 35.6 Å². The van der Waals surface area contributed by atoms with Crippen molar-refractivity contribution in [3.05, 3.63) is 65.0 Å². The van der Waals surface area contributed by atoms with Crippen LogP contribution in [0.25, 0.3) is 0 Å². The molecule has 1 fully saturated rings. The van der Waals surface area contributed by atoms with E-state index in [2.05, 4.69) is 5.32 Å². The van der Waals surface area contributed by atoms with Gasteiger partial charge in [-0.1, -0.05) is 29.8 Å². The summed E-state index contributed by atoms with van der Waals surface area (Å²) >= 11 is 0. The normalized spacial score (nSPS) is 19.2. The van der Waals surface area contributed by atoms with E-state index in [-0.39, 0.29) is 11.3 Å². The van der Waals surface area contributed by atoms with Gasteiger partial charge in [0.15, 0.2) is 17.3 Å². The molecule has 6 nitrogen and oxygen atoms in total. The zero-order chi connectivity index (χ0) is 19.8. The summed E-state index contributed by atoms with van der Waals surface area (Å²) in [5.41, 5.74) is 0.443. The van der Waals surface area contributed by atoms with Crippen LogP contribution in [0.4, 0.5) is 9.18 Å². The summed E-state index contributed by atoms with van der Waals surface area (Å²) in [5, 5.41) is 2.64. The van der Waals surface area contributed by atoms with E-state index in [1.54, 1.807) is 19.1 Å². The fourth-order valence-electron chi connectivity index (χ4n) is 3.00. The Labute approximate surface area is 155 Å². The number of carbonyl (C=O) groups is 3. The number of carbonyl (C=O) groups excluding carboxylic acids is 3. The molecule has 1 aliphatic rings. The molecule has 7 heteroatoms. The molecule has 1 heterocycles. The van der Waals surface area contributed by atoms with Crippen LogP contribution in [0.2, 0.25) is 0 Å². The first-order valence-corrected chi connectivity index (χ1v) is 8.34. The van der Waals surface area contributed by atoms with Gasteiger partial charge in [0.25, 0.3) is 5.91 Å². The van der Waals surface area contributed by atoms with E-state index in [1.807, 2.05) is 19.1 Å². The first kappa shape index (κ1) is 18.6. The number of amides is 3. The Morgan fingerprint density at radius 1 is 1.19 bits per heavy atom. The summed E-state index contributed by atoms with van der Waals surface area (Å²) in [6.07, 6.45) is 0. The van der Waals surface area contributed by atoms with Gasteiger partial charge < -0.3 is 10.1 Å². The van der Waals surface area contributed by atoms with E-state index in [1.165, 1.54) is 19.2 Å². The second-order valence-electron chi connectivity index (χ2n) is 6.58. The minimum absolute atomic E-state index is 0.00786. The summed E-state index contributed by atoms with van der Waals surface area (Å²) in [4.78, 5) is 38.5. The van der Waals surface area contributed by atoms with Crippen molar-refractivity contribution in [2.45, 2.75) is 19.4 Å². The number of aryl methyl sites for hydroxylation is 1. The molecule has 1 unspecified atom stereocenters. The van der Waals surface area contributed by atoms with Crippen LogP contribution in [0.1, 0.15) is 28.4 Å². The first-order valence-electron chi connectivity index (χ1n) is 8.34. The third kappa shape index (κ3) is 3.28. The minimum atomic E-state index is -1.25. The van der Waals surface area contributed by atoms with Crippen molar-refractivity contribution in [3.8, 4) is 5.75 Å². The van der Waals surface area contributed by atoms with E-state index in [9.17, 15) is 18.8 Å². The minimum Gasteiger partial charge on any atom is -0.494 e. The Bertz CT molecular complexity index is 926. The van der Waals surface area contributed by atoms with Crippen molar-refractivity contribution >= 4 is 17.7 Å². The lowest BCUT2D eigenvalue weighted by atomic mass is 9.91. The van der Waals surface area contributed by atoms with Gasteiger partial charge in [0.05, 0.1) is 13.7 Å². The number of halogens is 1. The summed E-state index contributed by atoms with van der Waals surface area (Å²) in [6, 6.07) is 10.3. The van der Waals surface area contributed by atoms with Gasteiger partial charge in [-0.2, -0.15) is 0 Å². The lowest BCUT2D eigenvalue weighted by Crippen LogP contribution is -2.41. The number of hydrogen-bond acceptors (Lipinski definition) is 4. The number of imide groups is 1. The van der Waals surface area contributed by atoms with Crippen molar-refractivity contribution in [1.29, 1.82) is 0 Å². The second kappa shape index (κ2) is 6.83. The molecule has 1 N–H and O–H groups in total. The predicted molar refractivity (Wildman–Crippen MR) is 96.1 cm³/mol. The van der Waals surface area contributed by atoms with Gasteiger partial charge in [-0.3, -0.25) is 14.5 Å². The van der Waals surface area contributed by atoms with Crippen LogP contribution in [0, 0.1) is 12.7 Å². The molecule has 27 heavy (non-hydrogen) atoms. The van der Waals surface area contributed by atoms with Gasteiger partial charge in [-0.25, -0.2) is 9.18 Å². The van der Waals surface area contributed by atoms with Crippen LogP contribution in [0.15, 0.2) is 42.5 Å². The maximum atomic E-state index is 13.8. The van der Waals surface area contributed by atoms with Crippen molar-refractivity contribution in [3.63, 3.8) is 0 Å². The summed E-state index contributed by atoms with van der Waals surface area (Å²) in [5.74, 6) is -1.76. The van der Waals surface area contributed by atoms with Crippen LogP contribution >= 0.6 is 0 Å². The average Bonchev–Trinajstić information content (AvgIpc) is 2.86. The number of nitrogens with one attached hydrogen (secondary N) is 1. The lowest BCUT2D eigenvalue weighted by Gasteiger charge is -2.22. The largest absolute Gasteiger partial charge is 0.494 e. The van der Waals surface area contributed by atoms with Crippen molar-refractivity contribution in [2.24, 2.45) is 0 Å². The van der Waals surface area contributed by atoms with E-state index in [4.69, 9.17) is 4.74 Å². The monoisotopic (exact) mass is 370 g/mol. The molecular weight excluding hydrogens is 351 g/mol. The summed E-state index contributed by atoms with van der Waals surface area (Å²) in [6.45, 7) is 3.04. The third-order valence-corrected chi connectivity index (χ3v) is 4.68. The molecule has 3 rings (SSSR count). The van der Waals surface area contributed by atoms with Gasteiger partial charge in [-0.05, 0) is 37.6 Å². The second-order valence-corrected chi connectivity index (χ2v) is 6.58. The molecule has 2 aromatic rings. The highest BCUT2D eigenvalue weighted by atomic mass is 19.1. The Morgan fingerprint density at radius 2 is 1.85 bits per heavy atom. The van der Waals surface area contributed by atoms with Crippen molar-refractivity contribution in [2.75, 3.05) is 13.7 Å². The van der Waals surface area contributed by atoms with Gasteiger partial charge in [0, 0.05) is 5.56 Å². The molecule has 0 aliphatic carbocycles. The highest BCUT2D eigenvalue weighted by molar-refractivity contribution is 6.11. The molecule has 1 saturated heterocycles. The maximum absolute atomic E-state index is 13.8. The molecular formula is C20H19FN2O4. The van der Waals surface area contributed by atoms with Gasteiger partial charge in [-0.15, -0.1) is 0 Å². The fourth-order valence-corrected chi connectivity index (χ4v) is 3.00. The fraction of sp³-hybridized carbons (Fsp3) is 0.250. The molecule has 0 bridgehead atoms. The summed E-state index contributed by atoms with van der Waals surface area (Å²) < 4.78 is 18.6. The molecule has 140 valence electrons. The van der Waals surface area contributed by atoms with Gasteiger partial charge in [0.2, 0.25) is 0 Å². The van der Waals surface area contributed by atoms with Crippen molar-refractivity contribution in [1.82, 2.24) is 10.2 Å². The smallest absolute Gasteiger partial charge is 0.325 e. The molecule has 2 aromatic carbocycles. The highest BCUT2D eigenvalue weighted by Crippen LogP contribution is 2.29. The zero-order valence-electron chi connectivity index (χ0n) is 15.2. The number of Topliss-reactive ketones (excluding diaryl/α,β-unsaturated/α-hetero) is 1. The Balaban J connectivity index is 1.82. The van der Waals surface area contributed by atoms with Crippen LogP contribution in [-0.2, 0) is 10.3 Å². The Morgan fingerprint density at radius 3 is 2.44 bits per heavy atom. The average molecular weight is 370 g/mol. The molecule has 0 aromatic heterocycles. The predicted octanol–water partition coefficient (Wildman–Crippen LogP) is 2.79. The molecule has 3 amide bonds. The van der Waals surface area contributed by atoms with E-state index in [0.29, 0.717) is 5.56 Å². The Kier molecular flexibility index (Phi) is 4.70. The van der Waals surface area contributed by atoms with Crippen LogP contribution in [-0.4, -0.2) is 36.3 Å². The number of rotatable bonds is 5. The number of benzene rings is 2.